The molecule has 0 bridgehead atoms. The van der Waals surface area contributed by atoms with Gasteiger partial charge < -0.3 is 14.5 Å². The van der Waals surface area contributed by atoms with Gasteiger partial charge in [-0.15, -0.1) is 0 Å². The van der Waals surface area contributed by atoms with Crippen molar-refractivity contribution in [3.8, 4) is 11.5 Å². The summed E-state index contributed by atoms with van der Waals surface area (Å²) in [6.07, 6.45) is 1.84. The van der Waals surface area contributed by atoms with E-state index < -0.39 is 5.92 Å². The predicted molar refractivity (Wildman–Crippen MR) is 128 cm³/mol. The SMILES string of the molecule is COc1cc([C@@H](C[N+](=O)[O-])c2c[nH]c3ccccc23)cc(Br)c1OCc1cccc(Cl)c1. The number of halogens is 2. The smallest absolute Gasteiger partial charge is 0.214 e. The van der Waals surface area contributed by atoms with Crippen LogP contribution in [-0.2, 0) is 6.61 Å². The molecule has 4 aromatic rings. The van der Waals surface area contributed by atoms with E-state index in [0.29, 0.717) is 27.6 Å². The van der Waals surface area contributed by atoms with Crippen LogP contribution in [0.4, 0.5) is 0 Å². The third-order valence-corrected chi connectivity index (χ3v) is 6.08. The van der Waals surface area contributed by atoms with Gasteiger partial charge in [0, 0.05) is 27.0 Å². The molecule has 0 aliphatic carbocycles. The number of ether oxygens (including phenoxy) is 2. The second-order valence-corrected chi connectivity index (χ2v) is 8.60. The lowest BCUT2D eigenvalue weighted by molar-refractivity contribution is -0.481. The normalized spacial score (nSPS) is 12.0. The van der Waals surface area contributed by atoms with E-state index in [1.807, 2.05) is 54.7 Å². The number of methoxy groups -OCH3 is 1. The number of nitro groups is 1. The van der Waals surface area contributed by atoms with Crippen molar-refractivity contribution < 1.29 is 14.4 Å². The van der Waals surface area contributed by atoms with Gasteiger partial charge in [0.25, 0.3) is 0 Å². The van der Waals surface area contributed by atoms with Crippen molar-refractivity contribution in [3.63, 3.8) is 0 Å². The zero-order valence-corrected chi connectivity index (χ0v) is 19.5. The molecule has 1 aromatic heterocycles. The first-order valence-corrected chi connectivity index (χ1v) is 11.1. The fourth-order valence-corrected chi connectivity index (χ4v) is 4.57. The topological polar surface area (TPSA) is 77.4 Å². The van der Waals surface area contributed by atoms with Crippen LogP contribution in [0, 0.1) is 10.1 Å². The summed E-state index contributed by atoms with van der Waals surface area (Å²) in [6.45, 7) is 0.0514. The molecule has 164 valence electrons. The number of aromatic amines is 1. The quantitative estimate of drug-likeness (QED) is 0.212. The summed E-state index contributed by atoms with van der Waals surface area (Å²) < 4.78 is 12.2. The summed E-state index contributed by atoms with van der Waals surface area (Å²) in [5.74, 6) is 0.549. The van der Waals surface area contributed by atoms with E-state index >= 15 is 0 Å². The molecule has 0 radical (unpaired) electrons. The fourth-order valence-electron chi connectivity index (χ4n) is 3.78. The molecule has 3 aromatic carbocycles. The summed E-state index contributed by atoms with van der Waals surface area (Å²) in [6, 6.07) is 18.8. The van der Waals surface area contributed by atoms with E-state index in [4.69, 9.17) is 21.1 Å². The third kappa shape index (κ3) is 4.74. The largest absolute Gasteiger partial charge is 0.493 e. The van der Waals surface area contributed by atoms with Gasteiger partial charge >= 0.3 is 0 Å². The standard InChI is InChI=1S/C24H20BrClN2O4/c1-31-23-11-16(10-21(25)24(23)32-14-15-5-4-6-17(26)9-15)20(13-28(29)30)19-12-27-22-8-3-2-7-18(19)22/h2-12,20,27H,13-14H2,1H3/t20-/m1/s1. The van der Waals surface area contributed by atoms with E-state index in [1.54, 1.807) is 19.2 Å². The molecule has 8 heteroatoms. The van der Waals surface area contributed by atoms with Crippen LogP contribution >= 0.6 is 27.5 Å². The number of hydrogen-bond acceptors (Lipinski definition) is 4. The van der Waals surface area contributed by atoms with Gasteiger partial charge in [0.05, 0.1) is 17.5 Å². The summed E-state index contributed by atoms with van der Waals surface area (Å²) in [7, 11) is 1.55. The van der Waals surface area contributed by atoms with Gasteiger partial charge in [0.1, 0.15) is 6.61 Å². The van der Waals surface area contributed by atoms with Crippen LogP contribution in [0.2, 0.25) is 5.02 Å². The van der Waals surface area contributed by atoms with Crippen LogP contribution in [0.3, 0.4) is 0 Å². The highest BCUT2D eigenvalue weighted by molar-refractivity contribution is 9.10. The zero-order chi connectivity index (χ0) is 22.7. The highest BCUT2D eigenvalue weighted by Crippen LogP contribution is 2.41. The number of benzene rings is 3. The van der Waals surface area contributed by atoms with Gasteiger partial charge in [-0.1, -0.05) is 41.9 Å². The first kappa shape index (κ1) is 22.2. The lowest BCUT2D eigenvalue weighted by Crippen LogP contribution is -2.14. The Bertz CT molecular complexity index is 1270. The maximum Gasteiger partial charge on any atom is 0.214 e. The molecule has 4 rings (SSSR count). The molecule has 0 aliphatic rings. The average molecular weight is 516 g/mol. The highest BCUT2D eigenvalue weighted by Gasteiger charge is 2.26. The number of rotatable bonds is 8. The molecule has 0 saturated carbocycles. The zero-order valence-electron chi connectivity index (χ0n) is 17.2. The highest BCUT2D eigenvalue weighted by atomic mass is 79.9. The van der Waals surface area contributed by atoms with E-state index in [-0.39, 0.29) is 11.5 Å². The summed E-state index contributed by atoms with van der Waals surface area (Å²) in [5, 5.41) is 13.1. The average Bonchev–Trinajstić information content (AvgIpc) is 3.20. The first-order valence-electron chi connectivity index (χ1n) is 9.88. The van der Waals surface area contributed by atoms with Crippen molar-refractivity contribution in [1.29, 1.82) is 0 Å². The van der Waals surface area contributed by atoms with Crippen LogP contribution in [-0.4, -0.2) is 23.6 Å². The molecule has 0 spiro atoms. The Morgan fingerprint density at radius 3 is 2.72 bits per heavy atom. The maximum atomic E-state index is 11.5. The molecule has 0 saturated heterocycles. The predicted octanol–water partition coefficient (Wildman–Crippen LogP) is 6.58. The van der Waals surface area contributed by atoms with Crippen molar-refractivity contribution >= 4 is 38.4 Å². The van der Waals surface area contributed by atoms with Crippen LogP contribution in [0.1, 0.15) is 22.6 Å². The van der Waals surface area contributed by atoms with E-state index in [1.165, 1.54) is 0 Å². The summed E-state index contributed by atoms with van der Waals surface area (Å²) in [4.78, 5) is 14.4. The second kappa shape index (κ2) is 9.63. The number of nitrogens with one attached hydrogen (secondary N) is 1. The van der Waals surface area contributed by atoms with Crippen LogP contribution in [0.25, 0.3) is 10.9 Å². The lowest BCUT2D eigenvalue weighted by Gasteiger charge is -2.18. The molecule has 1 heterocycles. The van der Waals surface area contributed by atoms with Gasteiger partial charge in [0.15, 0.2) is 11.5 Å². The molecular weight excluding hydrogens is 496 g/mol. The number of hydrogen-bond donors (Lipinski definition) is 1. The maximum absolute atomic E-state index is 11.5. The molecule has 0 aliphatic heterocycles. The molecule has 1 N–H and O–H groups in total. The van der Waals surface area contributed by atoms with Crippen LogP contribution in [0.15, 0.2) is 71.3 Å². The van der Waals surface area contributed by atoms with Crippen LogP contribution in [0.5, 0.6) is 11.5 Å². The van der Waals surface area contributed by atoms with Gasteiger partial charge in [0.2, 0.25) is 6.54 Å². The molecule has 0 amide bonds. The number of aromatic nitrogens is 1. The second-order valence-electron chi connectivity index (χ2n) is 7.31. The van der Waals surface area contributed by atoms with Crippen molar-refractivity contribution in [1.82, 2.24) is 4.98 Å². The molecule has 0 fully saturated rings. The monoisotopic (exact) mass is 514 g/mol. The Hall–Kier alpha value is -3.03. The van der Waals surface area contributed by atoms with Crippen molar-refractivity contribution in [2.24, 2.45) is 0 Å². The number of H-pyrrole nitrogens is 1. The minimum Gasteiger partial charge on any atom is -0.493 e. The Morgan fingerprint density at radius 2 is 1.97 bits per heavy atom. The Balaban J connectivity index is 1.71. The Kier molecular flexibility index (Phi) is 6.67. The molecule has 0 unspecified atom stereocenters. The number of fused-ring (bicyclic) bond motifs is 1. The van der Waals surface area contributed by atoms with Crippen LogP contribution < -0.4 is 9.47 Å². The Labute approximate surface area is 198 Å². The lowest BCUT2D eigenvalue weighted by atomic mass is 9.90. The molecular formula is C24H20BrClN2O4. The van der Waals surface area contributed by atoms with Gasteiger partial charge in [-0.2, -0.15) is 0 Å². The van der Waals surface area contributed by atoms with Gasteiger partial charge in [-0.05, 0) is 63.0 Å². The molecule has 32 heavy (non-hydrogen) atoms. The fraction of sp³-hybridized carbons (Fsp3) is 0.167. The van der Waals surface area contributed by atoms with Gasteiger partial charge in [-0.25, -0.2) is 0 Å². The van der Waals surface area contributed by atoms with E-state index in [2.05, 4.69) is 20.9 Å². The number of nitrogens with zero attached hydrogens (tertiary/aromatic N) is 1. The van der Waals surface area contributed by atoms with Gasteiger partial charge in [-0.3, -0.25) is 10.1 Å². The number of para-hydroxylation sites is 1. The minimum absolute atomic E-state index is 0.250. The minimum atomic E-state index is -0.465. The van der Waals surface area contributed by atoms with Crippen molar-refractivity contribution in [2.75, 3.05) is 13.7 Å². The molecule has 6 nitrogen and oxygen atoms in total. The first-order chi connectivity index (χ1) is 15.5. The van der Waals surface area contributed by atoms with Crippen molar-refractivity contribution in [3.05, 3.63) is 103 Å². The Morgan fingerprint density at radius 1 is 1.16 bits per heavy atom. The van der Waals surface area contributed by atoms with E-state index in [9.17, 15) is 10.1 Å². The van der Waals surface area contributed by atoms with Crippen molar-refractivity contribution in [2.45, 2.75) is 12.5 Å². The third-order valence-electron chi connectivity index (χ3n) is 5.25. The summed E-state index contributed by atoms with van der Waals surface area (Å²) in [5.41, 5.74) is 3.47. The van der Waals surface area contributed by atoms with E-state index in [0.717, 1.165) is 27.6 Å². The summed E-state index contributed by atoms with van der Waals surface area (Å²) >= 11 is 9.62. The molecule has 1 atom stereocenters.